The van der Waals surface area contributed by atoms with E-state index in [2.05, 4.69) is 10.2 Å². The highest BCUT2D eigenvalue weighted by molar-refractivity contribution is 7.89. The van der Waals surface area contributed by atoms with Gasteiger partial charge in [-0.15, -0.1) is 0 Å². The molecular weight excluding hydrogens is 342 g/mol. The van der Waals surface area contributed by atoms with Crippen LogP contribution in [0.3, 0.4) is 0 Å². The Kier molecular flexibility index (Phi) is 7.22. The summed E-state index contributed by atoms with van der Waals surface area (Å²) in [6, 6.07) is 6.62. The second-order valence-electron chi connectivity index (χ2n) is 6.19. The molecule has 1 aliphatic heterocycles. The van der Waals surface area contributed by atoms with Crippen LogP contribution in [0.2, 0.25) is 0 Å². The van der Waals surface area contributed by atoms with Crippen molar-refractivity contribution in [3.05, 3.63) is 29.8 Å². The fourth-order valence-corrected chi connectivity index (χ4v) is 3.91. The molecule has 1 fully saturated rings. The highest BCUT2D eigenvalue weighted by atomic mass is 32.2. The first-order chi connectivity index (χ1) is 11.9. The number of hydrogen-bond donors (Lipinski definition) is 1. The van der Waals surface area contributed by atoms with Crippen LogP contribution in [0.25, 0.3) is 0 Å². The highest BCUT2D eigenvalue weighted by Gasteiger charge is 2.27. The number of sulfonamides is 1. The van der Waals surface area contributed by atoms with E-state index < -0.39 is 16.1 Å². The third-order valence-corrected chi connectivity index (χ3v) is 6.10. The minimum atomic E-state index is -3.45. The summed E-state index contributed by atoms with van der Waals surface area (Å²) in [5.74, 6) is 0. The molecule has 140 valence electrons. The molecule has 1 saturated heterocycles. The van der Waals surface area contributed by atoms with E-state index >= 15 is 0 Å². The fourth-order valence-electron chi connectivity index (χ4n) is 2.49. The van der Waals surface area contributed by atoms with Crippen molar-refractivity contribution in [1.82, 2.24) is 14.5 Å². The van der Waals surface area contributed by atoms with Gasteiger partial charge in [-0.1, -0.05) is 25.5 Å². The van der Waals surface area contributed by atoms with Gasteiger partial charge in [0.2, 0.25) is 10.0 Å². The van der Waals surface area contributed by atoms with Crippen molar-refractivity contribution in [2.75, 3.05) is 39.8 Å². The van der Waals surface area contributed by atoms with Gasteiger partial charge in [0.15, 0.2) is 0 Å². The summed E-state index contributed by atoms with van der Waals surface area (Å²) in [6.45, 7) is 5.23. The average Bonchev–Trinajstić information content (AvgIpc) is 2.61. The summed E-state index contributed by atoms with van der Waals surface area (Å²) >= 11 is 0. The van der Waals surface area contributed by atoms with E-state index in [-0.39, 0.29) is 4.90 Å². The quantitative estimate of drug-likeness (QED) is 0.740. The van der Waals surface area contributed by atoms with E-state index in [1.165, 1.54) is 4.31 Å². The molecule has 1 aromatic rings. The number of carbonyl (C=O) groups is 1. The molecule has 1 aromatic carbocycles. The number of unbranched alkanes of at least 4 members (excludes halogenated alkanes) is 1. The summed E-state index contributed by atoms with van der Waals surface area (Å²) in [6.07, 6.45) is 1.35. The van der Waals surface area contributed by atoms with E-state index in [4.69, 9.17) is 4.74 Å². The van der Waals surface area contributed by atoms with Crippen LogP contribution >= 0.6 is 0 Å². The number of piperazine rings is 1. The fraction of sp³-hybridized carbons (Fsp3) is 0.588. The molecule has 1 heterocycles. The standard InChI is InChI=1S/C17H27N3O4S/c1-3-4-13-24-17(21)18-14-15-5-7-16(8-6-15)25(22,23)20-11-9-19(2)10-12-20/h5-8H,3-4,9-14H2,1-2H3,(H,18,21). The lowest BCUT2D eigenvalue weighted by Crippen LogP contribution is -2.47. The lowest BCUT2D eigenvalue weighted by Gasteiger charge is -2.31. The lowest BCUT2D eigenvalue weighted by atomic mass is 10.2. The Bertz CT molecular complexity index is 653. The van der Waals surface area contributed by atoms with Crippen molar-refractivity contribution in [3.8, 4) is 0 Å². The van der Waals surface area contributed by atoms with Crippen LogP contribution in [0.5, 0.6) is 0 Å². The molecule has 1 N–H and O–H groups in total. The van der Waals surface area contributed by atoms with Crippen LogP contribution in [0.1, 0.15) is 25.3 Å². The van der Waals surface area contributed by atoms with Gasteiger partial charge in [0.1, 0.15) is 0 Å². The predicted octanol–water partition coefficient (Wildman–Crippen LogP) is 1.65. The van der Waals surface area contributed by atoms with E-state index in [1.807, 2.05) is 14.0 Å². The number of alkyl carbamates (subject to hydrolysis) is 1. The van der Waals surface area contributed by atoms with Crippen LogP contribution in [0, 0.1) is 0 Å². The second-order valence-corrected chi connectivity index (χ2v) is 8.13. The van der Waals surface area contributed by atoms with E-state index in [0.717, 1.165) is 31.5 Å². The maximum absolute atomic E-state index is 12.6. The molecule has 2 rings (SSSR count). The van der Waals surface area contributed by atoms with Gasteiger partial charge in [0, 0.05) is 32.7 Å². The van der Waals surface area contributed by atoms with Gasteiger partial charge in [-0.05, 0) is 31.2 Å². The number of carbonyl (C=O) groups excluding carboxylic acids is 1. The van der Waals surface area contributed by atoms with Gasteiger partial charge in [-0.3, -0.25) is 0 Å². The Balaban J connectivity index is 1.89. The van der Waals surface area contributed by atoms with Crippen LogP contribution in [0.4, 0.5) is 4.79 Å². The number of rotatable bonds is 7. The van der Waals surface area contributed by atoms with Crippen LogP contribution in [0.15, 0.2) is 29.2 Å². The first-order valence-corrected chi connectivity index (χ1v) is 10.1. The average molecular weight is 369 g/mol. The monoisotopic (exact) mass is 369 g/mol. The van der Waals surface area contributed by atoms with Gasteiger partial charge in [-0.25, -0.2) is 13.2 Å². The summed E-state index contributed by atoms with van der Waals surface area (Å²) in [5.41, 5.74) is 0.824. The summed E-state index contributed by atoms with van der Waals surface area (Å²) in [5, 5.41) is 2.66. The number of nitrogens with one attached hydrogen (secondary N) is 1. The molecule has 7 nitrogen and oxygen atoms in total. The highest BCUT2D eigenvalue weighted by Crippen LogP contribution is 2.18. The van der Waals surface area contributed by atoms with Gasteiger partial charge < -0.3 is 15.0 Å². The Morgan fingerprint density at radius 1 is 1.16 bits per heavy atom. The first kappa shape index (κ1) is 19.7. The van der Waals surface area contributed by atoms with Crippen molar-refractivity contribution < 1.29 is 17.9 Å². The van der Waals surface area contributed by atoms with E-state index in [1.54, 1.807) is 24.3 Å². The number of likely N-dealkylation sites (N-methyl/N-ethyl adjacent to an activating group) is 1. The van der Waals surface area contributed by atoms with Crippen molar-refractivity contribution in [1.29, 1.82) is 0 Å². The Morgan fingerprint density at radius 3 is 2.40 bits per heavy atom. The molecule has 0 spiro atoms. The van der Waals surface area contributed by atoms with Gasteiger partial charge >= 0.3 is 6.09 Å². The number of amides is 1. The maximum atomic E-state index is 12.6. The Labute approximate surface area is 150 Å². The molecule has 1 amide bonds. The predicted molar refractivity (Wildman–Crippen MR) is 95.8 cm³/mol. The van der Waals surface area contributed by atoms with Crippen LogP contribution in [-0.4, -0.2) is 63.5 Å². The number of benzene rings is 1. The number of hydrogen-bond acceptors (Lipinski definition) is 5. The summed E-state index contributed by atoms with van der Waals surface area (Å²) in [4.78, 5) is 13.9. The van der Waals surface area contributed by atoms with Crippen molar-refractivity contribution in [3.63, 3.8) is 0 Å². The zero-order valence-electron chi connectivity index (χ0n) is 14.9. The van der Waals surface area contributed by atoms with E-state index in [0.29, 0.717) is 26.2 Å². The SMILES string of the molecule is CCCCOC(=O)NCc1ccc(S(=O)(=O)N2CCN(C)CC2)cc1. The van der Waals surface area contributed by atoms with Gasteiger partial charge in [0.25, 0.3) is 0 Å². The molecule has 0 atom stereocenters. The normalized spacial score (nSPS) is 16.6. The van der Waals surface area contributed by atoms with Crippen molar-refractivity contribution in [2.24, 2.45) is 0 Å². The van der Waals surface area contributed by atoms with E-state index in [9.17, 15) is 13.2 Å². The molecule has 0 bridgehead atoms. The Morgan fingerprint density at radius 2 is 1.80 bits per heavy atom. The minimum Gasteiger partial charge on any atom is -0.450 e. The maximum Gasteiger partial charge on any atom is 0.407 e. The lowest BCUT2D eigenvalue weighted by molar-refractivity contribution is 0.144. The van der Waals surface area contributed by atoms with Gasteiger partial charge in [0.05, 0.1) is 11.5 Å². The van der Waals surface area contributed by atoms with Crippen LogP contribution in [-0.2, 0) is 21.3 Å². The molecule has 25 heavy (non-hydrogen) atoms. The zero-order valence-corrected chi connectivity index (χ0v) is 15.7. The first-order valence-electron chi connectivity index (χ1n) is 8.61. The number of ether oxygens (including phenoxy) is 1. The van der Waals surface area contributed by atoms with Crippen LogP contribution < -0.4 is 5.32 Å². The molecule has 8 heteroatoms. The van der Waals surface area contributed by atoms with Crippen molar-refractivity contribution in [2.45, 2.75) is 31.2 Å². The minimum absolute atomic E-state index is 0.284. The third-order valence-electron chi connectivity index (χ3n) is 4.19. The number of nitrogens with zero attached hydrogens (tertiary/aromatic N) is 2. The zero-order chi connectivity index (χ0) is 18.3. The molecule has 0 saturated carbocycles. The third kappa shape index (κ3) is 5.69. The van der Waals surface area contributed by atoms with Gasteiger partial charge in [-0.2, -0.15) is 4.31 Å². The molecular formula is C17H27N3O4S. The van der Waals surface area contributed by atoms with Crippen molar-refractivity contribution >= 4 is 16.1 Å². The summed E-state index contributed by atoms with van der Waals surface area (Å²) < 4.78 is 31.8. The molecule has 0 aromatic heterocycles. The smallest absolute Gasteiger partial charge is 0.407 e. The molecule has 1 aliphatic rings. The molecule has 0 radical (unpaired) electrons. The second kappa shape index (κ2) is 9.17. The largest absolute Gasteiger partial charge is 0.450 e. The Hall–Kier alpha value is -1.64. The topological polar surface area (TPSA) is 78.9 Å². The molecule has 0 aliphatic carbocycles. The molecule has 0 unspecified atom stereocenters. The summed E-state index contributed by atoms with van der Waals surface area (Å²) in [7, 11) is -1.47.